The number of hydrogen-bond donors (Lipinski definition) is 0. The number of Topliss-reactive ketones (excluding diaryl/α,β-unsaturated/α-hetero) is 2. The zero-order valence-corrected chi connectivity index (χ0v) is 34.3. The van der Waals surface area contributed by atoms with Crippen molar-refractivity contribution in [3.8, 4) is 0 Å². The molecular formula is C46H68O2P2. The summed E-state index contributed by atoms with van der Waals surface area (Å²) in [6.45, 7) is 10.2. The molecule has 0 atom stereocenters. The second-order valence-electron chi connectivity index (χ2n) is 14.4. The Hall–Kier alpha value is -2.40. The lowest BCUT2D eigenvalue weighted by molar-refractivity contribution is 0.105. The Balaban J connectivity index is 2.25. The number of carbonyl (C=O) groups is 2. The molecule has 3 aromatic carbocycles. The zero-order valence-electron chi connectivity index (χ0n) is 32.5. The van der Waals surface area contributed by atoms with Gasteiger partial charge in [-0.25, -0.2) is 0 Å². The molecule has 0 aliphatic heterocycles. The van der Waals surface area contributed by atoms with Crippen molar-refractivity contribution in [3.63, 3.8) is 0 Å². The maximum Gasteiger partial charge on any atom is 0.193 e. The molecule has 2 nitrogen and oxygen atoms in total. The first kappa shape index (κ1) is 42.0. The number of unbranched alkanes of at least 4 members (excludes halogenated alkanes) is 6. The van der Waals surface area contributed by atoms with Crippen molar-refractivity contribution in [1.82, 2.24) is 0 Å². The minimum atomic E-state index is -1.74. The highest BCUT2D eigenvalue weighted by molar-refractivity contribution is 7.79. The minimum Gasteiger partial charge on any atom is -0.289 e. The maximum atomic E-state index is 14.9. The van der Waals surface area contributed by atoms with Gasteiger partial charge in [-0.15, -0.1) is 0 Å². The van der Waals surface area contributed by atoms with Crippen LogP contribution in [0.1, 0.15) is 150 Å². The Morgan fingerprint density at radius 2 is 0.600 bits per heavy atom. The molecule has 0 heterocycles. The summed E-state index contributed by atoms with van der Waals surface area (Å²) in [6.07, 6.45) is 20.7. The summed E-state index contributed by atoms with van der Waals surface area (Å²) >= 11 is 0. The van der Waals surface area contributed by atoms with Crippen molar-refractivity contribution >= 4 is 35.9 Å². The molecule has 0 bridgehead atoms. The van der Waals surface area contributed by atoms with Crippen LogP contribution in [0.4, 0.5) is 0 Å². The predicted octanol–water partition coefficient (Wildman–Crippen LogP) is 13.3. The largest absolute Gasteiger partial charge is 0.289 e. The Morgan fingerprint density at radius 3 is 0.820 bits per heavy atom. The minimum absolute atomic E-state index is 0.176. The standard InChI is InChI=1S/C46H68O2P2/c1-7-13-33-49(34-14-8-2,35-15-9-3)45(41-25-21-19-22-26-41)43(47)39-29-31-40(32-30-39)44(48)46(42-27-23-20-24-28-42)50(36-16-10-4,37-17-11-5)38-18-12-6/h19-32H,7-18,33-38H2,1-6H3. The highest BCUT2D eigenvalue weighted by atomic mass is 31.2. The van der Waals surface area contributed by atoms with Gasteiger partial charge in [-0.3, -0.25) is 9.59 Å². The van der Waals surface area contributed by atoms with Crippen LogP contribution < -0.4 is 0 Å². The number of benzene rings is 3. The SMILES string of the molecule is CCCCP(CCCC)(CCCC)=C(C(=O)c1ccc(C(=O)C(c2ccccc2)=P(CCCC)(CCCC)CCCC)cc1)c1ccccc1. The fourth-order valence-corrected chi connectivity index (χ4v) is 18.3. The second kappa shape index (κ2) is 22.5. The molecule has 0 amide bonds. The van der Waals surface area contributed by atoms with Crippen LogP contribution >= 0.6 is 13.8 Å². The third-order valence-electron chi connectivity index (χ3n) is 10.5. The molecule has 0 N–H and O–H groups in total. The fraction of sp³-hybridized carbons (Fsp3) is 0.522. The van der Waals surface area contributed by atoms with Crippen molar-refractivity contribution < 1.29 is 9.59 Å². The lowest BCUT2D eigenvalue weighted by Gasteiger charge is -2.32. The summed E-state index contributed by atoms with van der Waals surface area (Å²) < 4.78 is 0. The van der Waals surface area contributed by atoms with Crippen molar-refractivity contribution in [2.45, 2.75) is 119 Å². The average molecular weight is 715 g/mol. The second-order valence-corrected chi connectivity index (χ2v) is 22.6. The molecule has 4 heteroatoms. The van der Waals surface area contributed by atoms with E-state index >= 15 is 0 Å². The third-order valence-corrected chi connectivity index (χ3v) is 20.4. The van der Waals surface area contributed by atoms with E-state index in [2.05, 4.69) is 102 Å². The average Bonchev–Trinajstić information content (AvgIpc) is 3.16. The van der Waals surface area contributed by atoms with Crippen LogP contribution in [0, 0.1) is 0 Å². The Labute approximate surface area is 307 Å². The predicted molar refractivity (Wildman–Crippen MR) is 229 cm³/mol. The van der Waals surface area contributed by atoms with Gasteiger partial charge < -0.3 is 0 Å². The highest BCUT2D eigenvalue weighted by Gasteiger charge is 2.30. The van der Waals surface area contributed by atoms with Crippen LogP contribution in [0.15, 0.2) is 84.9 Å². The lowest BCUT2D eigenvalue weighted by Crippen LogP contribution is -2.23. The monoisotopic (exact) mass is 714 g/mol. The molecule has 274 valence electrons. The molecule has 3 rings (SSSR count). The van der Waals surface area contributed by atoms with Gasteiger partial charge in [-0.2, -0.15) is 0 Å². The third kappa shape index (κ3) is 11.3. The van der Waals surface area contributed by atoms with Gasteiger partial charge in [0.2, 0.25) is 0 Å². The number of ketones is 2. The van der Waals surface area contributed by atoms with E-state index in [4.69, 9.17) is 0 Å². The van der Waals surface area contributed by atoms with Crippen LogP contribution in [0.25, 0.3) is 0 Å². The molecule has 0 aliphatic rings. The molecule has 0 unspecified atom stereocenters. The summed E-state index contributed by atoms with van der Waals surface area (Å²) in [4.78, 5) is 29.9. The van der Waals surface area contributed by atoms with Crippen molar-refractivity contribution in [1.29, 1.82) is 0 Å². The molecule has 50 heavy (non-hydrogen) atoms. The molecule has 0 saturated heterocycles. The number of rotatable bonds is 24. The van der Waals surface area contributed by atoms with Gasteiger partial charge in [-0.05, 0) is 86.6 Å². The van der Waals surface area contributed by atoms with Gasteiger partial charge in [-0.1, -0.05) is 179 Å². The Bertz CT molecular complexity index is 1380. The molecule has 0 spiro atoms. The van der Waals surface area contributed by atoms with Crippen LogP contribution in [0.5, 0.6) is 0 Å². The van der Waals surface area contributed by atoms with E-state index in [1.807, 2.05) is 24.3 Å². The van der Waals surface area contributed by atoms with E-state index in [1.165, 1.54) is 0 Å². The van der Waals surface area contributed by atoms with E-state index in [-0.39, 0.29) is 11.6 Å². The lowest BCUT2D eigenvalue weighted by atomic mass is 9.98. The Morgan fingerprint density at radius 1 is 0.360 bits per heavy atom. The molecule has 0 aliphatic carbocycles. The van der Waals surface area contributed by atoms with E-state index in [0.717, 1.165) is 147 Å². The number of carbonyl (C=O) groups excluding carboxylic acids is 2. The van der Waals surface area contributed by atoms with Gasteiger partial charge in [0.05, 0.1) is 0 Å². The van der Waals surface area contributed by atoms with E-state index in [9.17, 15) is 9.59 Å². The molecule has 0 saturated carbocycles. The maximum absolute atomic E-state index is 14.9. The summed E-state index contributed by atoms with van der Waals surface area (Å²) in [5.74, 6) is 0.351. The van der Waals surface area contributed by atoms with Crippen molar-refractivity contribution in [3.05, 3.63) is 107 Å². The van der Waals surface area contributed by atoms with Crippen molar-refractivity contribution in [2.75, 3.05) is 37.0 Å². The van der Waals surface area contributed by atoms with E-state index in [1.54, 1.807) is 0 Å². The topological polar surface area (TPSA) is 34.1 Å². The first-order chi connectivity index (χ1) is 24.4. The number of hydrogen-bond acceptors (Lipinski definition) is 2. The molecular weight excluding hydrogens is 646 g/mol. The van der Waals surface area contributed by atoms with Crippen molar-refractivity contribution in [2.24, 2.45) is 0 Å². The summed E-state index contributed by atoms with van der Waals surface area (Å²) in [6, 6.07) is 29.0. The van der Waals surface area contributed by atoms with Crippen LogP contribution in [-0.4, -0.2) is 59.1 Å². The molecule has 0 aromatic heterocycles. The van der Waals surface area contributed by atoms with Crippen LogP contribution in [-0.2, 0) is 0 Å². The Kier molecular flexibility index (Phi) is 18.9. The first-order valence-corrected chi connectivity index (χ1v) is 24.8. The fourth-order valence-electron chi connectivity index (χ4n) is 7.59. The quantitative estimate of drug-likeness (QED) is 0.0684. The molecule has 3 aromatic rings. The highest BCUT2D eigenvalue weighted by Crippen LogP contribution is 2.55. The van der Waals surface area contributed by atoms with Gasteiger partial charge in [0.1, 0.15) is 0 Å². The molecule has 0 fully saturated rings. The van der Waals surface area contributed by atoms with Gasteiger partial charge in [0.25, 0.3) is 0 Å². The van der Waals surface area contributed by atoms with Gasteiger partial charge in [0.15, 0.2) is 11.6 Å². The van der Waals surface area contributed by atoms with E-state index in [0.29, 0.717) is 0 Å². The summed E-state index contributed by atoms with van der Waals surface area (Å²) in [7, 11) is 0. The van der Waals surface area contributed by atoms with Crippen LogP contribution in [0.3, 0.4) is 0 Å². The molecule has 0 radical (unpaired) electrons. The normalized spacial score (nSPS) is 11.8. The summed E-state index contributed by atoms with van der Waals surface area (Å²) in [5, 5.41) is 2.18. The smallest absolute Gasteiger partial charge is 0.193 e. The zero-order chi connectivity index (χ0) is 36.2. The first-order valence-electron chi connectivity index (χ1n) is 20.1. The van der Waals surface area contributed by atoms with E-state index < -0.39 is 13.8 Å². The van der Waals surface area contributed by atoms with Gasteiger partial charge >= 0.3 is 0 Å². The van der Waals surface area contributed by atoms with Crippen LogP contribution in [0.2, 0.25) is 0 Å². The van der Waals surface area contributed by atoms with Gasteiger partial charge in [0, 0.05) is 21.7 Å². The summed E-state index contributed by atoms with van der Waals surface area (Å²) in [5.41, 5.74) is 3.65.